The Labute approximate surface area is 478 Å². The van der Waals surface area contributed by atoms with E-state index in [4.69, 9.17) is 13.8 Å². The molecule has 3 unspecified atom stereocenters. The zero-order valence-corrected chi connectivity index (χ0v) is 51.2. The average Bonchev–Trinajstić information content (AvgIpc) is 3.40. The number of nitrogens with zero attached hydrogens (tertiary/aromatic N) is 1. The monoisotopic (exact) mass is 1100 g/mol. The summed E-state index contributed by atoms with van der Waals surface area (Å²) >= 11 is 0. The van der Waals surface area contributed by atoms with Gasteiger partial charge in [-0.1, -0.05) is 238 Å². The molecular formula is C68H113N2O7P. The van der Waals surface area contributed by atoms with Crippen molar-refractivity contribution in [1.82, 2.24) is 5.32 Å². The number of likely N-dealkylation sites (N-methyl/N-ethyl adjacent to an activating group) is 1. The summed E-state index contributed by atoms with van der Waals surface area (Å²) in [6.07, 6.45) is 81.2. The maximum atomic E-state index is 13.5. The van der Waals surface area contributed by atoms with Gasteiger partial charge < -0.3 is 28.5 Å². The third-order valence-corrected chi connectivity index (χ3v) is 13.5. The quantitative estimate of drug-likeness (QED) is 0.0212. The smallest absolute Gasteiger partial charge is 0.306 e. The lowest BCUT2D eigenvalue weighted by molar-refractivity contribution is -0.870. The van der Waals surface area contributed by atoms with Gasteiger partial charge in [0, 0.05) is 12.8 Å². The standard InChI is InChI=1S/C68H113N2O7P/c1-7-10-13-16-19-22-25-28-30-32-34-35-37-39-41-43-46-49-52-55-58-61-68(72)77-66(59-56-53-50-47-44-27-24-21-18-15-12-9-3)65(64-76-78(73,74)75-63-62-70(4,5)6)69-67(71)60-57-54-51-48-45-42-40-38-36-33-31-29-26-23-20-17-14-11-8-2/h10-11,13-14,19-20,22-23,28-31,34-36,38-39,41-42,45,51,54,56,59,65-66H,7-9,12,15-18,21,24-27,32-33,37,40,43-44,46-50,52-53,55,57-58,60-64H2,1-6H3,(H-,69,71,73,74)/b13-10-,14-11-,22-19-,23-20-,30-28-,31-29-,35-34-,38-36-,41-39-,45-42-,54-51-,59-56+. The number of rotatable bonds is 53. The fourth-order valence-corrected chi connectivity index (χ4v) is 8.59. The lowest BCUT2D eigenvalue weighted by Gasteiger charge is -2.30. The number of phosphoric ester groups is 1. The van der Waals surface area contributed by atoms with Gasteiger partial charge >= 0.3 is 5.97 Å². The molecule has 0 fully saturated rings. The molecule has 0 bridgehead atoms. The third-order valence-electron chi connectivity index (χ3n) is 12.5. The SMILES string of the molecule is CC/C=C\C/C=C\C/C=C\C/C=C\C/C=C\C/C=C\CCC(=O)NC(COP(=O)([O-])OCC[N+](C)(C)C)C(/C=C/CCCCCCCCCCCC)OC(=O)CCCCCCC/C=C\C/C=C\C/C=C\C/C=C\C/C=C\CC. The first-order valence-electron chi connectivity index (χ1n) is 30.6. The topological polar surface area (TPSA) is 114 Å². The lowest BCUT2D eigenvalue weighted by atomic mass is 10.1. The van der Waals surface area contributed by atoms with Gasteiger partial charge in [0.1, 0.15) is 19.3 Å². The lowest BCUT2D eigenvalue weighted by Crippen LogP contribution is -2.47. The number of unbranched alkanes of at least 4 members (excludes halogenated alkanes) is 15. The summed E-state index contributed by atoms with van der Waals surface area (Å²) in [4.78, 5) is 39.9. The molecule has 1 N–H and O–H groups in total. The Bertz CT molecular complexity index is 1840. The first-order chi connectivity index (χ1) is 37.9. The summed E-state index contributed by atoms with van der Waals surface area (Å²) in [5.74, 6) is -0.673. The Hall–Kier alpha value is -4.11. The molecule has 10 heteroatoms. The van der Waals surface area contributed by atoms with Crippen LogP contribution in [0, 0.1) is 0 Å². The molecule has 0 radical (unpaired) electrons. The number of quaternary nitrogens is 1. The average molecular weight is 1100 g/mol. The van der Waals surface area contributed by atoms with Crippen LogP contribution in [-0.2, 0) is 27.9 Å². The minimum absolute atomic E-state index is 0.0478. The zero-order valence-electron chi connectivity index (χ0n) is 50.3. The molecule has 0 aliphatic carbocycles. The van der Waals surface area contributed by atoms with E-state index < -0.39 is 26.6 Å². The second-order valence-electron chi connectivity index (χ2n) is 21.1. The van der Waals surface area contributed by atoms with Crippen molar-refractivity contribution in [3.8, 4) is 0 Å². The van der Waals surface area contributed by atoms with E-state index in [9.17, 15) is 19.0 Å². The number of hydrogen-bond acceptors (Lipinski definition) is 7. The van der Waals surface area contributed by atoms with Gasteiger partial charge in [-0.25, -0.2) is 0 Å². The van der Waals surface area contributed by atoms with Crippen molar-refractivity contribution in [3.63, 3.8) is 0 Å². The molecule has 78 heavy (non-hydrogen) atoms. The van der Waals surface area contributed by atoms with Crippen LogP contribution in [0.2, 0.25) is 0 Å². The molecular weight excluding hydrogens is 988 g/mol. The highest BCUT2D eigenvalue weighted by atomic mass is 31.2. The summed E-state index contributed by atoms with van der Waals surface area (Å²) in [7, 11) is 1.10. The van der Waals surface area contributed by atoms with E-state index in [-0.39, 0.29) is 31.3 Å². The Kier molecular flexibility index (Phi) is 53.2. The second-order valence-corrected chi connectivity index (χ2v) is 22.5. The number of esters is 1. The summed E-state index contributed by atoms with van der Waals surface area (Å²) in [5.41, 5.74) is 0. The molecule has 0 aromatic rings. The van der Waals surface area contributed by atoms with Crippen molar-refractivity contribution in [1.29, 1.82) is 0 Å². The van der Waals surface area contributed by atoms with Crippen molar-refractivity contribution in [2.75, 3.05) is 40.9 Å². The molecule has 0 saturated heterocycles. The summed E-state index contributed by atoms with van der Waals surface area (Å²) in [5, 5.41) is 2.97. The number of hydrogen-bond donors (Lipinski definition) is 1. The molecule has 0 aliphatic heterocycles. The highest BCUT2D eigenvalue weighted by Gasteiger charge is 2.27. The van der Waals surface area contributed by atoms with Gasteiger partial charge in [0.2, 0.25) is 5.91 Å². The first-order valence-corrected chi connectivity index (χ1v) is 32.1. The Morgan fingerprint density at radius 2 is 0.833 bits per heavy atom. The molecule has 0 aromatic carbocycles. The first kappa shape index (κ1) is 73.9. The van der Waals surface area contributed by atoms with Crippen molar-refractivity contribution in [2.24, 2.45) is 0 Å². The van der Waals surface area contributed by atoms with Crippen molar-refractivity contribution >= 4 is 19.7 Å². The van der Waals surface area contributed by atoms with E-state index in [0.29, 0.717) is 23.9 Å². The summed E-state index contributed by atoms with van der Waals surface area (Å²) in [6, 6.07) is -0.948. The van der Waals surface area contributed by atoms with Crippen LogP contribution >= 0.6 is 7.82 Å². The van der Waals surface area contributed by atoms with Crippen LogP contribution in [0.3, 0.4) is 0 Å². The van der Waals surface area contributed by atoms with Crippen LogP contribution in [0.15, 0.2) is 146 Å². The Morgan fingerprint density at radius 1 is 0.462 bits per heavy atom. The molecule has 0 heterocycles. The van der Waals surface area contributed by atoms with Gasteiger partial charge in [-0.15, -0.1) is 0 Å². The predicted molar refractivity (Wildman–Crippen MR) is 334 cm³/mol. The molecule has 0 rings (SSSR count). The molecule has 3 atom stereocenters. The van der Waals surface area contributed by atoms with Crippen molar-refractivity contribution in [2.45, 2.75) is 232 Å². The number of carbonyl (C=O) groups excluding carboxylic acids is 2. The van der Waals surface area contributed by atoms with E-state index >= 15 is 0 Å². The predicted octanol–water partition coefficient (Wildman–Crippen LogP) is 18.4. The van der Waals surface area contributed by atoms with Gasteiger partial charge in [0.05, 0.1) is 33.8 Å². The van der Waals surface area contributed by atoms with Crippen molar-refractivity contribution < 1.29 is 37.3 Å². The maximum Gasteiger partial charge on any atom is 0.306 e. The minimum Gasteiger partial charge on any atom is -0.756 e. The highest BCUT2D eigenvalue weighted by Crippen LogP contribution is 2.38. The molecule has 9 nitrogen and oxygen atoms in total. The molecule has 442 valence electrons. The second kappa shape index (κ2) is 56.2. The number of allylic oxidation sites excluding steroid dienone is 23. The normalized spacial score (nSPS) is 14.7. The van der Waals surface area contributed by atoms with Gasteiger partial charge in [-0.05, 0) is 115 Å². The molecule has 0 saturated carbocycles. The molecule has 1 amide bonds. The number of ether oxygens (including phenoxy) is 1. The number of nitrogens with one attached hydrogen (secondary N) is 1. The van der Waals surface area contributed by atoms with E-state index in [1.807, 2.05) is 39.4 Å². The van der Waals surface area contributed by atoms with E-state index in [2.05, 4.69) is 148 Å². The molecule has 0 aromatic heterocycles. The van der Waals surface area contributed by atoms with Crippen LogP contribution in [-0.4, -0.2) is 69.4 Å². The van der Waals surface area contributed by atoms with Gasteiger partial charge in [0.25, 0.3) is 7.82 Å². The number of carbonyl (C=O) groups is 2. The van der Waals surface area contributed by atoms with Crippen molar-refractivity contribution in [3.05, 3.63) is 146 Å². The fourth-order valence-electron chi connectivity index (χ4n) is 7.86. The van der Waals surface area contributed by atoms with Gasteiger partial charge in [-0.2, -0.15) is 0 Å². The zero-order chi connectivity index (χ0) is 57.2. The summed E-state index contributed by atoms with van der Waals surface area (Å²) < 4.78 is 30.2. The third kappa shape index (κ3) is 56.6. The number of amides is 1. The number of phosphoric acid groups is 1. The minimum atomic E-state index is -4.73. The summed E-state index contributed by atoms with van der Waals surface area (Å²) in [6.45, 7) is 6.51. The van der Waals surface area contributed by atoms with Crippen LogP contribution in [0.1, 0.15) is 220 Å². The van der Waals surface area contributed by atoms with E-state index in [0.717, 1.165) is 122 Å². The van der Waals surface area contributed by atoms with Gasteiger partial charge in [0.15, 0.2) is 0 Å². The van der Waals surface area contributed by atoms with E-state index in [1.165, 1.54) is 51.4 Å². The maximum absolute atomic E-state index is 13.5. The molecule has 0 aliphatic rings. The van der Waals surface area contributed by atoms with Crippen LogP contribution < -0.4 is 10.2 Å². The Morgan fingerprint density at radius 3 is 1.26 bits per heavy atom. The largest absolute Gasteiger partial charge is 0.756 e. The van der Waals surface area contributed by atoms with Crippen LogP contribution in [0.25, 0.3) is 0 Å². The van der Waals surface area contributed by atoms with Crippen LogP contribution in [0.4, 0.5) is 0 Å². The fraction of sp³-hybridized carbons (Fsp3) is 0.618. The van der Waals surface area contributed by atoms with Crippen LogP contribution in [0.5, 0.6) is 0 Å². The van der Waals surface area contributed by atoms with Gasteiger partial charge in [-0.3, -0.25) is 14.2 Å². The Balaban J connectivity index is 5.44. The van der Waals surface area contributed by atoms with E-state index in [1.54, 1.807) is 6.08 Å². The highest BCUT2D eigenvalue weighted by molar-refractivity contribution is 7.45. The molecule has 0 spiro atoms.